The van der Waals surface area contributed by atoms with Crippen molar-refractivity contribution in [3.8, 4) is 0 Å². The molecule has 0 aliphatic carbocycles. The first-order valence-electron chi connectivity index (χ1n) is 6.09. The summed E-state index contributed by atoms with van der Waals surface area (Å²) in [6.45, 7) is 4.87. The molecule has 0 saturated carbocycles. The molecule has 0 unspecified atom stereocenters. The summed E-state index contributed by atoms with van der Waals surface area (Å²) in [4.78, 5) is 0. The Balaban J connectivity index is 2.91. The van der Waals surface area contributed by atoms with Crippen molar-refractivity contribution in [2.24, 2.45) is 0 Å². The third-order valence-corrected chi connectivity index (χ3v) is 4.19. The molecule has 0 bridgehead atoms. The van der Waals surface area contributed by atoms with Gasteiger partial charge in [-0.25, -0.2) is 4.72 Å². The second-order valence-electron chi connectivity index (χ2n) is 4.04. The molecule has 0 radical (unpaired) electrons. The van der Waals surface area contributed by atoms with Gasteiger partial charge in [0.05, 0.1) is 0 Å². The van der Waals surface area contributed by atoms with Crippen molar-refractivity contribution < 1.29 is 8.42 Å². The molecule has 18 heavy (non-hydrogen) atoms. The summed E-state index contributed by atoms with van der Waals surface area (Å²) in [5.74, 6) is 0. The third-order valence-electron chi connectivity index (χ3n) is 2.54. The summed E-state index contributed by atoms with van der Waals surface area (Å²) in [6.07, 6.45) is 0.761. The molecule has 3 N–H and O–H groups in total. The first kappa shape index (κ1) is 14.9. The van der Waals surface area contributed by atoms with Gasteiger partial charge in [0, 0.05) is 25.3 Å². The molecule has 0 spiro atoms. The molecule has 6 heteroatoms. The van der Waals surface area contributed by atoms with Crippen LogP contribution < -0.4 is 10.5 Å². The minimum Gasteiger partial charge on any atom is -0.398 e. The molecule has 0 aliphatic heterocycles. The molecule has 0 fully saturated rings. The van der Waals surface area contributed by atoms with E-state index in [1.807, 2.05) is 25.1 Å². The predicted octanol–water partition coefficient (Wildman–Crippen LogP) is 1.34. The maximum Gasteiger partial charge on any atom is 0.279 e. The standard InChI is InChI=1S/C12H21N3O2S/c1-3-9-15(18(16,17)14-4-2)10-11-7-5-6-8-12(11)13/h5-8,14H,3-4,9-10,13H2,1-2H3. The summed E-state index contributed by atoms with van der Waals surface area (Å²) in [5.41, 5.74) is 7.28. The second-order valence-corrected chi connectivity index (χ2v) is 5.79. The molecule has 1 aromatic rings. The number of nitrogen functional groups attached to an aromatic ring is 1. The van der Waals surface area contributed by atoms with Crippen molar-refractivity contribution in [2.45, 2.75) is 26.8 Å². The molecule has 0 atom stereocenters. The third kappa shape index (κ3) is 3.97. The van der Waals surface area contributed by atoms with Crippen molar-refractivity contribution in [1.29, 1.82) is 0 Å². The zero-order valence-corrected chi connectivity index (χ0v) is 11.7. The first-order chi connectivity index (χ1) is 8.51. The van der Waals surface area contributed by atoms with Crippen molar-refractivity contribution in [2.75, 3.05) is 18.8 Å². The van der Waals surface area contributed by atoms with E-state index in [1.165, 1.54) is 4.31 Å². The zero-order chi connectivity index (χ0) is 13.6. The van der Waals surface area contributed by atoms with E-state index < -0.39 is 10.2 Å². The number of nitrogens with one attached hydrogen (secondary N) is 1. The van der Waals surface area contributed by atoms with Crippen LogP contribution in [0.4, 0.5) is 5.69 Å². The van der Waals surface area contributed by atoms with E-state index in [0.29, 0.717) is 25.3 Å². The van der Waals surface area contributed by atoms with E-state index >= 15 is 0 Å². The van der Waals surface area contributed by atoms with Crippen LogP contribution >= 0.6 is 0 Å². The summed E-state index contributed by atoms with van der Waals surface area (Å²) >= 11 is 0. The number of hydrogen-bond donors (Lipinski definition) is 2. The number of benzene rings is 1. The summed E-state index contributed by atoms with van der Waals surface area (Å²) in [6, 6.07) is 7.32. The summed E-state index contributed by atoms with van der Waals surface area (Å²) in [7, 11) is -3.42. The lowest BCUT2D eigenvalue weighted by molar-refractivity contribution is 0.399. The number of para-hydroxylation sites is 1. The normalized spacial score (nSPS) is 11.9. The lowest BCUT2D eigenvalue weighted by Gasteiger charge is -2.22. The molecule has 0 aliphatic rings. The van der Waals surface area contributed by atoms with Crippen LogP contribution in [-0.2, 0) is 16.8 Å². The van der Waals surface area contributed by atoms with Gasteiger partial charge in [0.2, 0.25) is 0 Å². The summed E-state index contributed by atoms with van der Waals surface area (Å²) < 4.78 is 27.9. The Bertz CT molecular complexity index is 474. The molecule has 1 aromatic carbocycles. The molecular weight excluding hydrogens is 250 g/mol. The molecule has 0 saturated heterocycles. The quantitative estimate of drug-likeness (QED) is 0.735. The van der Waals surface area contributed by atoms with Crippen LogP contribution in [0.25, 0.3) is 0 Å². The fourth-order valence-electron chi connectivity index (χ4n) is 1.68. The fourth-order valence-corrected chi connectivity index (χ4v) is 2.95. The highest BCUT2D eigenvalue weighted by atomic mass is 32.2. The van der Waals surface area contributed by atoms with Crippen LogP contribution in [0.5, 0.6) is 0 Å². The van der Waals surface area contributed by atoms with E-state index in [9.17, 15) is 8.42 Å². The van der Waals surface area contributed by atoms with Crippen LogP contribution in [0.3, 0.4) is 0 Å². The monoisotopic (exact) mass is 271 g/mol. The van der Waals surface area contributed by atoms with E-state index in [0.717, 1.165) is 12.0 Å². The average Bonchev–Trinajstić information content (AvgIpc) is 2.31. The SMILES string of the molecule is CCCN(Cc1ccccc1N)S(=O)(=O)NCC. The lowest BCUT2D eigenvalue weighted by atomic mass is 10.2. The van der Waals surface area contributed by atoms with Gasteiger partial charge in [-0.15, -0.1) is 0 Å². The van der Waals surface area contributed by atoms with Crippen LogP contribution in [-0.4, -0.2) is 25.8 Å². The topological polar surface area (TPSA) is 75.4 Å². The van der Waals surface area contributed by atoms with E-state index in [4.69, 9.17) is 5.73 Å². The number of anilines is 1. The average molecular weight is 271 g/mol. The van der Waals surface area contributed by atoms with Crippen molar-refractivity contribution in [3.05, 3.63) is 29.8 Å². The molecule has 1 rings (SSSR count). The Hall–Kier alpha value is -1.11. The van der Waals surface area contributed by atoms with E-state index in [1.54, 1.807) is 13.0 Å². The molecule has 5 nitrogen and oxygen atoms in total. The van der Waals surface area contributed by atoms with Gasteiger partial charge >= 0.3 is 0 Å². The first-order valence-corrected chi connectivity index (χ1v) is 7.53. The zero-order valence-electron chi connectivity index (χ0n) is 10.9. The Morgan fingerprint density at radius 1 is 1.28 bits per heavy atom. The van der Waals surface area contributed by atoms with Gasteiger partial charge in [0.25, 0.3) is 10.2 Å². The lowest BCUT2D eigenvalue weighted by Crippen LogP contribution is -2.40. The molecule has 0 heterocycles. The maximum absolute atomic E-state index is 12.0. The van der Waals surface area contributed by atoms with Gasteiger partial charge in [-0.05, 0) is 18.1 Å². The molecular formula is C12H21N3O2S. The van der Waals surface area contributed by atoms with Crippen molar-refractivity contribution >= 4 is 15.9 Å². The highest BCUT2D eigenvalue weighted by molar-refractivity contribution is 7.87. The highest BCUT2D eigenvalue weighted by Gasteiger charge is 2.20. The molecule has 0 aromatic heterocycles. The Morgan fingerprint density at radius 3 is 2.50 bits per heavy atom. The fraction of sp³-hybridized carbons (Fsp3) is 0.500. The largest absolute Gasteiger partial charge is 0.398 e. The number of rotatable bonds is 7. The maximum atomic E-state index is 12.0. The minimum absolute atomic E-state index is 0.301. The Labute approximate surface area is 109 Å². The molecule has 102 valence electrons. The van der Waals surface area contributed by atoms with Gasteiger partial charge in [0.1, 0.15) is 0 Å². The van der Waals surface area contributed by atoms with E-state index in [2.05, 4.69) is 4.72 Å². The van der Waals surface area contributed by atoms with Crippen molar-refractivity contribution in [3.63, 3.8) is 0 Å². The highest BCUT2D eigenvalue weighted by Crippen LogP contribution is 2.15. The van der Waals surface area contributed by atoms with Gasteiger partial charge in [-0.3, -0.25) is 0 Å². The van der Waals surface area contributed by atoms with Gasteiger partial charge in [-0.2, -0.15) is 12.7 Å². The van der Waals surface area contributed by atoms with Crippen molar-refractivity contribution in [1.82, 2.24) is 9.03 Å². The minimum atomic E-state index is -3.42. The number of nitrogens with zero attached hydrogens (tertiary/aromatic N) is 1. The Morgan fingerprint density at radius 2 is 1.94 bits per heavy atom. The molecule has 0 amide bonds. The van der Waals surface area contributed by atoms with Crippen LogP contribution in [0, 0.1) is 0 Å². The summed E-state index contributed by atoms with van der Waals surface area (Å²) in [5, 5.41) is 0. The predicted molar refractivity (Wildman–Crippen MR) is 74.2 cm³/mol. The Kier molecular flexibility index (Phi) is 5.58. The number of nitrogens with two attached hydrogens (primary N) is 1. The van der Waals surface area contributed by atoms with E-state index in [-0.39, 0.29) is 0 Å². The number of hydrogen-bond acceptors (Lipinski definition) is 3. The van der Waals surface area contributed by atoms with Crippen LogP contribution in [0.2, 0.25) is 0 Å². The van der Waals surface area contributed by atoms with Gasteiger partial charge in [-0.1, -0.05) is 32.0 Å². The smallest absolute Gasteiger partial charge is 0.279 e. The van der Waals surface area contributed by atoms with Crippen LogP contribution in [0.15, 0.2) is 24.3 Å². The van der Waals surface area contributed by atoms with Gasteiger partial charge < -0.3 is 5.73 Å². The van der Waals surface area contributed by atoms with Crippen LogP contribution in [0.1, 0.15) is 25.8 Å². The second kappa shape index (κ2) is 6.72. The van der Waals surface area contributed by atoms with Gasteiger partial charge in [0.15, 0.2) is 0 Å².